The molecule has 0 radical (unpaired) electrons. The molecule has 1 fully saturated rings. The van der Waals surface area contributed by atoms with Gasteiger partial charge in [0.05, 0.1) is 12.8 Å². The molecule has 1 aromatic heterocycles. The minimum absolute atomic E-state index is 0.107. The van der Waals surface area contributed by atoms with Crippen LogP contribution >= 0.6 is 0 Å². The average molecular weight is 358 g/mol. The summed E-state index contributed by atoms with van der Waals surface area (Å²) in [6, 6.07) is 7.03. The Kier molecular flexibility index (Phi) is 5.46. The fourth-order valence-electron chi connectivity index (χ4n) is 3.32. The van der Waals surface area contributed by atoms with Gasteiger partial charge in [0.2, 0.25) is 5.95 Å². The van der Waals surface area contributed by atoms with Gasteiger partial charge in [0.25, 0.3) is 5.56 Å². The number of methoxy groups -OCH3 is 1. The average Bonchev–Trinajstić information content (AvgIpc) is 2.63. The summed E-state index contributed by atoms with van der Waals surface area (Å²) < 4.78 is 5.13. The summed E-state index contributed by atoms with van der Waals surface area (Å²) in [5.74, 6) is 1.80. The third-order valence-corrected chi connectivity index (χ3v) is 4.86. The number of H-pyrrole nitrogens is 1. The summed E-state index contributed by atoms with van der Waals surface area (Å²) in [4.78, 5) is 23.4. The number of anilines is 1. The summed E-state index contributed by atoms with van der Waals surface area (Å²) in [6.45, 7) is 2.51. The van der Waals surface area contributed by atoms with E-state index < -0.39 is 0 Å². The van der Waals surface area contributed by atoms with Crippen molar-refractivity contribution in [1.82, 2.24) is 14.9 Å². The van der Waals surface area contributed by atoms with Gasteiger partial charge in [-0.25, -0.2) is 4.98 Å². The van der Waals surface area contributed by atoms with E-state index in [9.17, 15) is 9.90 Å². The van der Waals surface area contributed by atoms with Gasteiger partial charge in [-0.05, 0) is 32.0 Å². The van der Waals surface area contributed by atoms with Crippen molar-refractivity contribution in [3.8, 4) is 11.5 Å². The van der Waals surface area contributed by atoms with E-state index in [4.69, 9.17) is 4.74 Å². The molecule has 7 nitrogen and oxygen atoms in total. The number of likely N-dealkylation sites (tertiary alicyclic amines) is 1. The van der Waals surface area contributed by atoms with E-state index in [1.54, 1.807) is 19.2 Å². The van der Waals surface area contributed by atoms with Crippen LogP contribution in [0.1, 0.15) is 30.0 Å². The quantitative estimate of drug-likeness (QED) is 0.850. The predicted molar refractivity (Wildman–Crippen MR) is 101 cm³/mol. The SMILES string of the molecule is COc1ccc(CN2CCC(c3cc(=O)[nH]c(N(C)C)n3)CC2)c(O)c1. The number of phenolic OH excluding ortho intramolecular Hbond substituents is 1. The number of aromatic nitrogens is 2. The van der Waals surface area contributed by atoms with Crippen molar-refractivity contribution in [2.24, 2.45) is 0 Å². The van der Waals surface area contributed by atoms with Gasteiger partial charge < -0.3 is 14.7 Å². The molecule has 0 atom stereocenters. The van der Waals surface area contributed by atoms with Gasteiger partial charge in [-0.1, -0.05) is 6.07 Å². The fourth-order valence-corrected chi connectivity index (χ4v) is 3.32. The number of nitrogens with one attached hydrogen (secondary N) is 1. The van der Waals surface area contributed by atoms with Crippen molar-refractivity contribution in [1.29, 1.82) is 0 Å². The van der Waals surface area contributed by atoms with E-state index in [1.807, 2.05) is 31.1 Å². The molecule has 0 amide bonds. The number of aromatic amines is 1. The first-order chi connectivity index (χ1) is 12.5. The summed E-state index contributed by atoms with van der Waals surface area (Å²) in [5.41, 5.74) is 1.65. The lowest BCUT2D eigenvalue weighted by atomic mass is 9.93. The molecule has 2 N–H and O–H groups in total. The van der Waals surface area contributed by atoms with Gasteiger partial charge in [0, 0.05) is 44.3 Å². The van der Waals surface area contributed by atoms with Crippen molar-refractivity contribution in [2.45, 2.75) is 25.3 Å². The third kappa shape index (κ3) is 4.16. The lowest BCUT2D eigenvalue weighted by Crippen LogP contribution is -2.33. The number of phenols is 1. The summed E-state index contributed by atoms with van der Waals surface area (Å²) in [5, 5.41) is 10.1. The van der Waals surface area contributed by atoms with E-state index in [-0.39, 0.29) is 17.2 Å². The number of aromatic hydroxyl groups is 1. The maximum absolute atomic E-state index is 11.9. The number of ether oxygens (including phenoxy) is 1. The highest BCUT2D eigenvalue weighted by Gasteiger charge is 2.23. The molecule has 1 aliphatic heterocycles. The number of benzene rings is 1. The Morgan fingerprint density at radius 3 is 2.65 bits per heavy atom. The molecule has 140 valence electrons. The zero-order chi connectivity index (χ0) is 18.7. The molecule has 0 spiro atoms. The second-order valence-electron chi connectivity index (χ2n) is 6.93. The van der Waals surface area contributed by atoms with Gasteiger partial charge in [0.15, 0.2) is 0 Å². The molecule has 1 aromatic carbocycles. The highest BCUT2D eigenvalue weighted by atomic mass is 16.5. The van der Waals surface area contributed by atoms with Crippen LogP contribution in [-0.4, -0.2) is 54.3 Å². The van der Waals surface area contributed by atoms with Crippen LogP contribution in [0.15, 0.2) is 29.1 Å². The van der Waals surface area contributed by atoms with Crippen molar-refractivity contribution >= 4 is 5.95 Å². The van der Waals surface area contributed by atoms with Crippen LogP contribution in [-0.2, 0) is 6.54 Å². The monoisotopic (exact) mass is 358 g/mol. The molecule has 0 aliphatic carbocycles. The molecule has 1 saturated heterocycles. The maximum Gasteiger partial charge on any atom is 0.252 e. The van der Waals surface area contributed by atoms with Crippen LogP contribution in [0.2, 0.25) is 0 Å². The van der Waals surface area contributed by atoms with E-state index in [2.05, 4.69) is 14.9 Å². The third-order valence-electron chi connectivity index (χ3n) is 4.86. The second-order valence-corrected chi connectivity index (χ2v) is 6.93. The lowest BCUT2D eigenvalue weighted by Gasteiger charge is -2.32. The largest absolute Gasteiger partial charge is 0.507 e. The first-order valence-corrected chi connectivity index (χ1v) is 8.83. The molecule has 26 heavy (non-hydrogen) atoms. The predicted octanol–water partition coefficient (Wildman–Crippen LogP) is 1.93. The molecular formula is C19H26N4O3. The van der Waals surface area contributed by atoms with E-state index in [0.29, 0.717) is 18.2 Å². The van der Waals surface area contributed by atoms with Crippen molar-refractivity contribution in [2.75, 3.05) is 39.2 Å². The lowest BCUT2D eigenvalue weighted by molar-refractivity contribution is 0.201. The van der Waals surface area contributed by atoms with Crippen molar-refractivity contribution < 1.29 is 9.84 Å². The minimum atomic E-state index is -0.107. The second kappa shape index (κ2) is 7.78. The van der Waals surface area contributed by atoms with Crippen molar-refractivity contribution in [3.63, 3.8) is 0 Å². The normalized spacial score (nSPS) is 15.8. The molecule has 1 aliphatic rings. The summed E-state index contributed by atoms with van der Waals surface area (Å²) in [6.07, 6.45) is 1.89. The van der Waals surface area contributed by atoms with E-state index >= 15 is 0 Å². The Bertz CT molecular complexity index is 811. The molecule has 7 heteroatoms. The Morgan fingerprint density at radius 1 is 1.31 bits per heavy atom. The smallest absolute Gasteiger partial charge is 0.252 e. The Balaban J connectivity index is 1.64. The van der Waals surface area contributed by atoms with Gasteiger partial charge in [-0.15, -0.1) is 0 Å². The molecule has 0 unspecified atom stereocenters. The molecule has 3 rings (SSSR count). The first kappa shape index (κ1) is 18.3. The molecule has 0 bridgehead atoms. The van der Waals surface area contributed by atoms with Crippen LogP contribution in [0.3, 0.4) is 0 Å². The molecule has 0 saturated carbocycles. The van der Waals surface area contributed by atoms with E-state index in [0.717, 1.165) is 37.2 Å². The zero-order valence-electron chi connectivity index (χ0n) is 15.5. The molecular weight excluding hydrogens is 332 g/mol. The van der Waals surface area contributed by atoms with Crippen LogP contribution in [0.4, 0.5) is 5.95 Å². The maximum atomic E-state index is 11.9. The molecule has 2 heterocycles. The van der Waals surface area contributed by atoms with E-state index in [1.165, 1.54) is 0 Å². The van der Waals surface area contributed by atoms with Crippen LogP contribution in [0.25, 0.3) is 0 Å². The highest BCUT2D eigenvalue weighted by molar-refractivity contribution is 5.39. The van der Waals surface area contributed by atoms with Crippen LogP contribution < -0.4 is 15.2 Å². The minimum Gasteiger partial charge on any atom is -0.507 e. The number of hydrogen-bond acceptors (Lipinski definition) is 6. The summed E-state index contributed by atoms with van der Waals surface area (Å²) >= 11 is 0. The number of nitrogens with zero attached hydrogens (tertiary/aromatic N) is 3. The Hall–Kier alpha value is -2.54. The molecule has 2 aromatic rings. The van der Waals surface area contributed by atoms with Gasteiger partial charge >= 0.3 is 0 Å². The van der Waals surface area contributed by atoms with Gasteiger partial charge in [0.1, 0.15) is 11.5 Å². The Morgan fingerprint density at radius 2 is 2.04 bits per heavy atom. The highest BCUT2D eigenvalue weighted by Crippen LogP contribution is 2.29. The topological polar surface area (TPSA) is 81.7 Å². The van der Waals surface area contributed by atoms with Crippen LogP contribution in [0.5, 0.6) is 11.5 Å². The first-order valence-electron chi connectivity index (χ1n) is 8.83. The van der Waals surface area contributed by atoms with Crippen LogP contribution in [0, 0.1) is 0 Å². The fraction of sp³-hybridized carbons (Fsp3) is 0.474. The summed E-state index contributed by atoms with van der Waals surface area (Å²) in [7, 11) is 5.32. The number of rotatable bonds is 5. The van der Waals surface area contributed by atoms with Crippen molar-refractivity contribution in [3.05, 3.63) is 45.9 Å². The number of hydrogen-bond donors (Lipinski definition) is 2. The number of piperidine rings is 1. The van der Waals surface area contributed by atoms with Gasteiger partial charge in [-0.3, -0.25) is 14.7 Å². The standard InChI is InChI=1S/C19H26N4O3/c1-22(2)19-20-16(11-18(25)21-19)13-6-8-23(9-7-13)12-14-4-5-15(26-3)10-17(14)24/h4-5,10-11,13,24H,6-9,12H2,1-3H3,(H,20,21,25). The Labute approximate surface area is 153 Å². The zero-order valence-corrected chi connectivity index (χ0v) is 15.5. The van der Waals surface area contributed by atoms with Gasteiger partial charge in [-0.2, -0.15) is 0 Å².